The standard InChI is InChI=1S/C26H35Cl2N3O4S/c1-5-19(3)29-26(33)24(6-2)30(18-21-22(27)14-10-15-23(21)28)25(32)16-11-17-31(36(4,34)35)20-12-8-7-9-13-20/h7-10,12-15,19,24H,5-6,11,16-18H2,1-4H3,(H,29,33)/t19-,24-/m0/s1. The van der Waals surface area contributed by atoms with Gasteiger partial charge in [-0.15, -0.1) is 0 Å². The van der Waals surface area contributed by atoms with Crippen LogP contribution in [0.1, 0.15) is 52.0 Å². The van der Waals surface area contributed by atoms with Crippen LogP contribution in [0.3, 0.4) is 0 Å². The van der Waals surface area contributed by atoms with Crippen LogP contribution in [0.5, 0.6) is 0 Å². The summed E-state index contributed by atoms with van der Waals surface area (Å²) >= 11 is 12.8. The third kappa shape index (κ3) is 8.39. The Bertz CT molecular complexity index is 1110. The number of nitrogens with zero attached hydrogens (tertiary/aromatic N) is 2. The molecule has 0 saturated carbocycles. The maximum absolute atomic E-state index is 13.5. The van der Waals surface area contributed by atoms with Gasteiger partial charge in [-0.3, -0.25) is 13.9 Å². The number of nitrogens with one attached hydrogen (secondary N) is 1. The summed E-state index contributed by atoms with van der Waals surface area (Å²) in [6, 6.07) is 13.1. The molecule has 2 rings (SSSR count). The topological polar surface area (TPSA) is 86.8 Å². The van der Waals surface area contributed by atoms with Crippen molar-refractivity contribution in [2.24, 2.45) is 0 Å². The number of rotatable bonds is 13. The van der Waals surface area contributed by atoms with Crippen LogP contribution in [0.25, 0.3) is 0 Å². The maximum atomic E-state index is 13.5. The zero-order valence-electron chi connectivity index (χ0n) is 21.2. The van der Waals surface area contributed by atoms with Gasteiger partial charge in [0.05, 0.1) is 11.9 Å². The van der Waals surface area contributed by atoms with E-state index in [1.54, 1.807) is 48.5 Å². The molecule has 0 saturated heterocycles. The van der Waals surface area contributed by atoms with E-state index in [0.717, 1.165) is 12.7 Å². The van der Waals surface area contributed by atoms with Gasteiger partial charge in [0.15, 0.2) is 0 Å². The van der Waals surface area contributed by atoms with Crippen LogP contribution in [-0.2, 0) is 26.2 Å². The lowest BCUT2D eigenvalue weighted by molar-refractivity contribution is -0.141. The van der Waals surface area contributed by atoms with Crippen molar-refractivity contribution in [1.29, 1.82) is 0 Å². The molecule has 7 nitrogen and oxygen atoms in total. The summed E-state index contributed by atoms with van der Waals surface area (Å²) in [6.45, 7) is 5.92. The molecule has 10 heteroatoms. The van der Waals surface area contributed by atoms with Crippen LogP contribution in [-0.4, -0.2) is 50.0 Å². The van der Waals surface area contributed by atoms with E-state index < -0.39 is 16.1 Å². The molecule has 2 amide bonds. The first-order chi connectivity index (χ1) is 17.0. The summed E-state index contributed by atoms with van der Waals surface area (Å²) in [5, 5.41) is 3.77. The number of hydrogen-bond donors (Lipinski definition) is 1. The van der Waals surface area contributed by atoms with Gasteiger partial charge < -0.3 is 10.2 Å². The second-order valence-corrected chi connectivity index (χ2v) is 11.5. The van der Waals surface area contributed by atoms with E-state index in [1.807, 2.05) is 20.8 Å². The highest BCUT2D eigenvalue weighted by Crippen LogP contribution is 2.27. The molecule has 198 valence electrons. The third-order valence-electron chi connectivity index (χ3n) is 5.97. The number of halogens is 2. The Morgan fingerprint density at radius 3 is 2.11 bits per heavy atom. The summed E-state index contributed by atoms with van der Waals surface area (Å²) in [5.74, 6) is -0.524. The van der Waals surface area contributed by atoms with Gasteiger partial charge in [-0.1, -0.05) is 61.3 Å². The second kappa shape index (κ2) is 13.9. The van der Waals surface area contributed by atoms with Gasteiger partial charge in [0.2, 0.25) is 21.8 Å². The second-order valence-electron chi connectivity index (χ2n) is 8.74. The van der Waals surface area contributed by atoms with Gasteiger partial charge in [-0.05, 0) is 50.5 Å². The lowest BCUT2D eigenvalue weighted by atomic mass is 10.1. The van der Waals surface area contributed by atoms with Crippen molar-refractivity contribution in [3.63, 3.8) is 0 Å². The number of hydrogen-bond acceptors (Lipinski definition) is 4. The normalized spacial score (nSPS) is 13.1. The zero-order chi connectivity index (χ0) is 26.9. The van der Waals surface area contributed by atoms with E-state index in [4.69, 9.17) is 23.2 Å². The molecular formula is C26H35Cl2N3O4S. The number of sulfonamides is 1. The quantitative estimate of drug-likeness (QED) is 0.365. The van der Waals surface area contributed by atoms with E-state index in [0.29, 0.717) is 27.7 Å². The fraction of sp³-hybridized carbons (Fsp3) is 0.462. The number of amides is 2. The number of para-hydroxylation sites is 1. The predicted molar refractivity (Wildman–Crippen MR) is 147 cm³/mol. The number of carbonyl (C=O) groups is 2. The monoisotopic (exact) mass is 555 g/mol. The molecule has 0 heterocycles. The molecule has 0 fully saturated rings. The minimum atomic E-state index is -3.54. The highest BCUT2D eigenvalue weighted by atomic mass is 35.5. The molecule has 0 aliphatic heterocycles. The molecule has 1 N–H and O–H groups in total. The zero-order valence-corrected chi connectivity index (χ0v) is 23.5. The van der Waals surface area contributed by atoms with Crippen LogP contribution in [0.15, 0.2) is 48.5 Å². The minimum absolute atomic E-state index is 0.0402. The van der Waals surface area contributed by atoms with Crippen LogP contribution >= 0.6 is 23.2 Å². The lowest BCUT2D eigenvalue weighted by Crippen LogP contribution is -2.50. The molecule has 0 bridgehead atoms. The Morgan fingerprint density at radius 1 is 0.972 bits per heavy atom. The third-order valence-corrected chi connectivity index (χ3v) is 7.88. The van der Waals surface area contributed by atoms with Gasteiger partial charge in [0, 0.05) is 41.2 Å². The van der Waals surface area contributed by atoms with Crippen LogP contribution in [0.2, 0.25) is 10.0 Å². The number of carbonyl (C=O) groups excluding carboxylic acids is 2. The predicted octanol–water partition coefficient (Wildman–Crippen LogP) is 5.26. The van der Waals surface area contributed by atoms with E-state index in [-0.39, 0.29) is 43.8 Å². The molecule has 0 spiro atoms. The largest absolute Gasteiger partial charge is 0.352 e. The summed E-state index contributed by atoms with van der Waals surface area (Å²) in [6.07, 6.45) is 2.62. The molecule has 0 aromatic heterocycles. The van der Waals surface area contributed by atoms with E-state index in [9.17, 15) is 18.0 Å². The number of anilines is 1. The summed E-state index contributed by atoms with van der Waals surface area (Å²) < 4.78 is 26.0. The first-order valence-electron chi connectivity index (χ1n) is 12.0. The Kier molecular flexibility index (Phi) is 11.5. The van der Waals surface area contributed by atoms with Crippen molar-refractivity contribution >= 4 is 50.7 Å². The number of benzene rings is 2. The Hall–Kier alpha value is -2.29. The van der Waals surface area contributed by atoms with Crippen molar-refractivity contribution in [3.8, 4) is 0 Å². The summed E-state index contributed by atoms with van der Waals surface area (Å²) in [7, 11) is -3.54. The van der Waals surface area contributed by atoms with Crippen molar-refractivity contribution in [2.45, 2.75) is 65.1 Å². The minimum Gasteiger partial charge on any atom is -0.352 e. The van der Waals surface area contributed by atoms with Crippen LogP contribution < -0.4 is 9.62 Å². The molecule has 2 aromatic rings. The van der Waals surface area contributed by atoms with Crippen LogP contribution in [0, 0.1) is 0 Å². The molecule has 0 aliphatic rings. The fourth-order valence-electron chi connectivity index (χ4n) is 3.81. The molecule has 0 radical (unpaired) electrons. The van der Waals surface area contributed by atoms with Gasteiger partial charge >= 0.3 is 0 Å². The van der Waals surface area contributed by atoms with E-state index >= 15 is 0 Å². The van der Waals surface area contributed by atoms with Gasteiger partial charge in [-0.25, -0.2) is 8.42 Å². The average Bonchev–Trinajstić information content (AvgIpc) is 2.82. The Morgan fingerprint density at radius 2 is 1.58 bits per heavy atom. The van der Waals surface area contributed by atoms with Crippen molar-refractivity contribution in [3.05, 3.63) is 64.1 Å². The van der Waals surface area contributed by atoms with Crippen molar-refractivity contribution < 1.29 is 18.0 Å². The van der Waals surface area contributed by atoms with Gasteiger partial charge in [0.1, 0.15) is 6.04 Å². The average molecular weight is 557 g/mol. The highest BCUT2D eigenvalue weighted by molar-refractivity contribution is 7.92. The fourth-order valence-corrected chi connectivity index (χ4v) is 5.29. The molecule has 36 heavy (non-hydrogen) atoms. The van der Waals surface area contributed by atoms with E-state index in [1.165, 1.54) is 9.21 Å². The van der Waals surface area contributed by atoms with Crippen LogP contribution in [0.4, 0.5) is 5.69 Å². The molecular weight excluding hydrogens is 521 g/mol. The highest BCUT2D eigenvalue weighted by Gasteiger charge is 2.30. The van der Waals surface area contributed by atoms with Gasteiger partial charge in [-0.2, -0.15) is 0 Å². The summed E-state index contributed by atoms with van der Waals surface area (Å²) in [4.78, 5) is 28.1. The first kappa shape index (κ1) is 29.9. The Labute approximate surface area is 224 Å². The van der Waals surface area contributed by atoms with E-state index in [2.05, 4.69) is 5.32 Å². The lowest BCUT2D eigenvalue weighted by Gasteiger charge is -2.32. The SMILES string of the molecule is CC[C@H](C)NC(=O)[C@H](CC)N(Cc1c(Cl)cccc1Cl)C(=O)CCCN(c1ccccc1)S(C)(=O)=O. The van der Waals surface area contributed by atoms with Crippen molar-refractivity contribution in [2.75, 3.05) is 17.1 Å². The first-order valence-corrected chi connectivity index (χ1v) is 14.6. The molecule has 2 aromatic carbocycles. The molecule has 0 aliphatic carbocycles. The molecule has 2 atom stereocenters. The Balaban J connectivity index is 2.27. The maximum Gasteiger partial charge on any atom is 0.243 e. The summed E-state index contributed by atoms with van der Waals surface area (Å²) in [5.41, 5.74) is 1.09. The van der Waals surface area contributed by atoms with Gasteiger partial charge in [0.25, 0.3) is 0 Å². The smallest absolute Gasteiger partial charge is 0.243 e. The van der Waals surface area contributed by atoms with Crippen molar-refractivity contribution in [1.82, 2.24) is 10.2 Å². The molecule has 0 unspecified atom stereocenters.